The molecule has 3 heterocycles. The number of hydrogen-bond acceptors (Lipinski definition) is 9. The molecule has 3 aliphatic heterocycles. The number of para-hydroxylation sites is 1. The SMILES string of the molecule is COc1ccccc1C(CC(=O)O)NC(=O)[C@@H]1C[C@@H](NC(=O)c2ccc3c(c2)B(O)OC3)CN1C(=O)c1ccc2c(c1)B(O)OC2. The monoisotopic (exact) mass is 627 g/mol. The zero-order valence-corrected chi connectivity index (χ0v) is 24.8. The van der Waals surface area contributed by atoms with E-state index >= 15 is 0 Å². The molecule has 1 saturated heterocycles. The summed E-state index contributed by atoms with van der Waals surface area (Å²) in [5.74, 6) is -2.34. The van der Waals surface area contributed by atoms with Crippen LogP contribution in [0.1, 0.15) is 56.3 Å². The molecule has 0 aliphatic carbocycles. The molecule has 236 valence electrons. The highest BCUT2D eigenvalue weighted by molar-refractivity contribution is 6.62. The Hall–Kier alpha value is -4.69. The number of carbonyl (C=O) groups is 4. The van der Waals surface area contributed by atoms with E-state index in [1.165, 1.54) is 18.1 Å². The normalized spacial score (nSPS) is 19.0. The number of likely N-dealkylation sites (tertiary alicyclic amines) is 1. The topological polar surface area (TPSA) is 184 Å². The number of carbonyl (C=O) groups excluding carboxylic acids is 3. The molecule has 13 nitrogen and oxygen atoms in total. The lowest BCUT2D eigenvalue weighted by atomic mass is 9.78. The fourth-order valence-electron chi connectivity index (χ4n) is 6.19. The van der Waals surface area contributed by atoms with E-state index in [0.29, 0.717) is 22.2 Å². The van der Waals surface area contributed by atoms with Crippen molar-refractivity contribution >= 4 is 48.9 Å². The van der Waals surface area contributed by atoms with Crippen molar-refractivity contribution in [2.45, 2.75) is 44.2 Å². The van der Waals surface area contributed by atoms with Crippen LogP contribution in [0.5, 0.6) is 5.75 Å². The van der Waals surface area contributed by atoms with Gasteiger partial charge in [0, 0.05) is 29.3 Å². The molecule has 3 aromatic rings. The maximum atomic E-state index is 13.9. The Kier molecular flexibility index (Phi) is 8.82. The summed E-state index contributed by atoms with van der Waals surface area (Å²) in [4.78, 5) is 54.3. The number of carboxylic acids is 1. The first-order valence-corrected chi connectivity index (χ1v) is 14.7. The van der Waals surface area contributed by atoms with E-state index in [-0.39, 0.29) is 37.3 Å². The minimum Gasteiger partial charge on any atom is -0.496 e. The number of amides is 3. The van der Waals surface area contributed by atoms with Gasteiger partial charge >= 0.3 is 20.2 Å². The fourth-order valence-corrected chi connectivity index (χ4v) is 6.19. The lowest BCUT2D eigenvalue weighted by Gasteiger charge is -2.27. The largest absolute Gasteiger partial charge is 0.496 e. The molecule has 6 rings (SSSR count). The molecule has 3 aliphatic rings. The summed E-state index contributed by atoms with van der Waals surface area (Å²) < 4.78 is 15.9. The smallest absolute Gasteiger partial charge is 0.491 e. The summed E-state index contributed by atoms with van der Waals surface area (Å²) >= 11 is 0. The van der Waals surface area contributed by atoms with Gasteiger partial charge < -0.3 is 44.7 Å². The van der Waals surface area contributed by atoms with E-state index in [2.05, 4.69) is 10.6 Å². The molecule has 1 fully saturated rings. The Bertz CT molecular complexity index is 1700. The van der Waals surface area contributed by atoms with Crippen LogP contribution in [0.2, 0.25) is 0 Å². The molecule has 0 aromatic heterocycles. The molecule has 46 heavy (non-hydrogen) atoms. The van der Waals surface area contributed by atoms with Crippen LogP contribution in [0.3, 0.4) is 0 Å². The number of aliphatic carboxylic acids is 1. The second-order valence-electron chi connectivity index (χ2n) is 11.4. The summed E-state index contributed by atoms with van der Waals surface area (Å²) in [6.07, 6.45) is -0.397. The van der Waals surface area contributed by atoms with Crippen molar-refractivity contribution < 1.29 is 48.4 Å². The standard InChI is InChI=1S/C31H31B2N3O10/c1-44-27-5-3-2-4-22(27)25(13-28(37)38)35-30(40)26-12-21(34-29(39)17-6-8-19-15-45-32(42)23(19)10-17)14-36(26)31(41)18-7-9-20-16-46-33(43)24(20)11-18/h2-11,21,25-26,42-43H,12-16H2,1H3,(H,34,39)(H,35,40)(H,37,38)/t21-,25?,26+/m1/s1. The molecular weight excluding hydrogens is 596 g/mol. The quantitative estimate of drug-likeness (QED) is 0.194. The van der Waals surface area contributed by atoms with Crippen molar-refractivity contribution in [2.75, 3.05) is 13.7 Å². The van der Waals surface area contributed by atoms with Crippen molar-refractivity contribution in [3.05, 3.63) is 88.5 Å². The molecule has 3 atom stereocenters. The third kappa shape index (κ3) is 6.22. The number of nitrogens with one attached hydrogen (secondary N) is 2. The molecule has 0 spiro atoms. The molecule has 0 radical (unpaired) electrons. The third-order valence-corrected chi connectivity index (χ3v) is 8.54. The number of nitrogens with zero attached hydrogens (tertiary/aromatic N) is 1. The maximum absolute atomic E-state index is 13.9. The van der Waals surface area contributed by atoms with Crippen LogP contribution < -0.4 is 26.3 Å². The van der Waals surface area contributed by atoms with Gasteiger partial charge in [-0.2, -0.15) is 0 Å². The molecule has 5 N–H and O–H groups in total. The average molecular weight is 627 g/mol. The van der Waals surface area contributed by atoms with Gasteiger partial charge in [0.15, 0.2) is 0 Å². The van der Waals surface area contributed by atoms with Gasteiger partial charge in [0.05, 0.1) is 32.8 Å². The second-order valence-corrected chi connectivity index (χ2v) is 11.4. The zero-order valence-electron chi connectivity index (χ0n) is 24.8. The van der Waals surface area contributed by atoms with E-state index in [1.807, 2.05) is 0 Å². The van der Waals surface area contributed by atoms with E-state index in [9.17, 15) is 34.3 Å². The van der Waals surface area contributed by atoms with Gasteiger partial charge in [-0.1, -0.05) is 30.3 Å². The zero-order chi connectivity index (χ0) is 32.5. The van der Waals surface area contributed by atoms with Gasteiger partial charge in [0.25, 0.3) is 11.8 Å². The van der Waals surface area contributed by atoms with Crippen molar-refractivity contribution in [1.29, 1.82) is 0 Å². The number of fused-ring (bicyclic) bond motifs is 2. The van der Waals surface area contributed by atoms with Crippen molar-refractivity contribution in [2.24, 2.45) is 0 Å². The Labute approximate surface area is 264 Å². The van der Waals surface area contributed by atoms with Crippen LogP contribution in [0.15, 0.2) is 60.7 Å². The van der Waals surface area contributed by atoms with Crippen LogP contribution in [0.4, 0.5) is 0 Å². The maximum Gasteiger partial charge on any atom is 0.491 e. The number of carboxylic acid groups (broad SMARTS) is 1. The average Bonchev–Trinajstić information content (AvgIpc) is 3.76. The highest BCUT2D eigenvalue weighted by Gasteiger charge is 2.42. The molecule has 15 heteroatoms. The Morgan fingerprint density at radius 1 is 0.957 bits per heavy atom. The van der Waals surface area contributed by atoms with Crippen molar-refractivity contribution in [1.82, 2.24) is 15.5 Å². The third-order valence-electron chi connectivity index (χ3n) is 8.54. The molecule has 3 aromatic carbocycles. The number of methoxy groups -OCH3 is 1. The first-order valence-electron chi connectivity index (χ1n) is 14.7. The lowest BCUT2D eigenvalue weighted by molar-refractivity contribution is -0.138. The Morgan fingerprint density at radius 2 is 1.59 bits per heavy atom. The predicted molar refractivity (Wildman–Crippen MR) is 165 cm³/mol. The number of rotatable bonds is 9. The minimum atomic E-state index is -1.18. The highest BCUT2D eigenvalue weighted by atomic mass is 16.5. The molecule has 1 unspecified atom stereocenters. The summed E-state index contributed by atoms with van der Waals surface area (Å²) in [5, 5.41) is 35.6. The van der Waals surface area contributed by atoms with Crippen LogP contribution in [-0.2, 0) is 32.1 Å². The number of benzene rings is 3. The van der Waals surface area contributed by atoms with Crippen molar-refractivity contribution in [3.63, 3.8) is 0 Å². The number of hydrogen-bond donors (Lipinski definition) is 5. The summed E-state index contributed by atoms with van der Waals surface area (Å²) in [6.45, 7) is 0.416. The summed E-state index contributed by atoms with van der Waals surface area (Å²) in [7, 11) is -0.869. The van der Waals surface area contributed by atoms with Gasteiger partial charge in [-0.3, -0.25) is 19.2 Å². The molecular formula is C31H31B2N3O10. The first-order chi connectivity index (χ1) is 22.1. The van der Waals surface area contributed by atoms with Gasteiger partial charge in [-0.15, -0.1) is 0 Å². The van der Waals surface area contributed by atoms with E-state index in [1.54, 1.807) is 54.6 Å². The van der Waals surface area contributed by atoms with Crippen LogP contribution in [0, 0.1) is 0 Å². The Balaban J connectivity index is 1.27. The van der Waals surface area contributed by atoms with Crippen LogP contribution >= 0.6 is 0 Å². The summed E-state index contributed by atoms with van der Waals surface area (Å²) in [6, 6.07) is 13.7. The minimum absolute atomic E-state index is 0.0201. The first kappa shape index (κ1) is 31.3. The molecule has 0 bridgehead atoms. The van der Waals surface area contributed by atoms with Gasteiger partial charge in [-0.05, 0) is 58.8 Å². The number of ether oxygens (including phenoxy) is 1. The van der Waals surface area contributed by atoms with Crippen molar-refractivity contribution in [3.8, 4) is 5.75 Å². The highest BCUT2D eigenvalue weighted by Crippen LogP contribution is 2.29. The Morgan fingerprint density at radius 3 is 2.24 bits per heavy atom. The summed E-state index contributed by atoms with van der Waals surface area (Å²) in [5.41, 5.74) is 3.41. The fraction of sp³-hybridized carbons (Fsp3) is 0.290. The van der Waals surface area contributed by atoms with Gasteiger partial charge in [0.2, 0.25) is 5.91 Å². The van der Waals surface area contributed by atoms with Gasteiger partial charge in [0.1, 0.15) is 11.8 Å². The van der Waals surface area contributed by atoms with Gasteiger partial charge in [-0.25, -0.2) is 0 Å². The lowest BCUT2D eigenvalue weighted by Crippen LogP contribution is -2.47. The van der Waals surface area contributed by atoms with E-state index in [4.69, 9.17) is 14.0 Å². The van der Waals surface area contributed by atoms with Crippen LogP contribution in [0.25, 0.3) is 0 Å². The molecule has 0 saturated carbocycles. The second kappa shape index (κ2) is 13.0. The molecule has 3 amide bonds. The van der Waals surface area contributed by atoms with Crippen LogP contribution in [-0.4, -0.2) is 83.7 Å². The van der Waals surface area contributed by atoms with E-state index < -0.39 is 62.5 Å². The predicted octanol–water partition coefficient (Wildman–Crippen LogP) is -0.524. The van der Waals surface area contributed by atoms with E-state index in [0.717, 1.165) is 11.1 Å².